The van der Waals surface area contributed by atoms with E-state index >= 15 is 0 Å². The fourth-order valence-corrected chi connectivity index (χ4v) is 3.29. The van der Waals surface area contributed by atoms with Crippen LogP contribution < -0.4 is 4.90 Å². The molecule has 3 nitrogen and oxygen atoms in total. The molecule has 0 aromatic heterocycles. The number of nitrogens with zero attached hydrogens (tertiary/aromatic N) is 2. The molecule has 0 aliphatic carbocycles. The molecule has 0 spiro atoms. The van der Waals surface area contributed by atoms with Gasteiger partial charge in [-0.2, -0.15) is 0 Å². The van der Waals surface area contributed by atoms with E-state index in [1.165, 1.54) is 11.3 Å². The highest BCUT2D eigenvalue weighted by atomic mass is 16.2. The zero-order valence-electron chi connectivity index (χ0n) is 12.3. The smallest absolute Gasteiger partial charge is 0.224 e. The largest absolute Gasteiger partial charge is 0.370 e. The first kappa shape index (κ1) is 13.5. The molecule has 1 aromatic rings. The molecule has 0 N–H and O–H groups in total. The molecular formula is C17H24N2O. The molecule has 3 rings (SSSR count). The summed E-state index contributed by atoms with van der Waals surface area (Å²) in [5.74, 6) is 1.12. The van der Waals surface area contributed by atoms with Crippen LogP contribution >= 0.6 is 0 Å². The molecular weight excluding hydrogens is 248 g/mol. The Kier molecular flexibility index (Phi) is 3.95. The number of likely N-dealkylation sites (tertiary alicyclic amines) is 1. The number of hydrogen-bond acceptors (Lipinski definition) is 2. The monoisotopic (exact) mass is 272 g/mol. The van der Waals surface area contributed by atoms with Gasteiger partial charge in [0.1, 0.15) is 0 Å². The Morgan fingerprint density at radius 3 is 2.75 bits per heavy atom. The highest BCUT2D eigenvalue weighted by Gasteiger charge is 2.22. The van der Waals surface area contributed by atoms with Gasteiger partial charge >= 0.3 is 0 Å². The van der Waals surface area contributed by atoms with Gasteiger partial charge in [0.15, 0.2) is 0 Å². The molecule has 1 aromatic carbocycles. The maximum absolute atomic E-state index is 12.3. The van der Waals surface area contributed by atoms with E-state index < -0.39 is 0 Å². The summed E-state index contributed by atoms with van der Waals surface area (Å²) in [6, 6.07) is 8.56. The van der Waals surface area contributed by atoms with E-state index in [4.69, 9.17) is 0 Å². The fourth-order valence-electron chi connectivity index (χ4n) is 3.29. The molecule has 1 amide bonds. The predicted octanol–water partition coefficient (Wildman–Crippen LogP) is 2.70. The van der Waals surface area contributed by atoms with E-state index in [0.717, 1.165) is 51.4 Å². The molecule has 2 heterocycles. The van der Waals surface area contributed by atoms with Crippen molar-refractivity contribution in [3.63, 3.8) is 0 Å². The number of anilines is 1. The highest BCUT2D eigenvalue weighted by molar-refractivity contribution is 5.77. The summed E-state index contributed by atoms with van der Waals surface area (Å²) in [4.78, 5) is 16.7. The van der Waals surface area contributed by atoms with Gasteiger partial charge in [-0.15, -0.1) is 0 Å². The summed E-state index contributed by atoms with van der Waals surface area (Å²) in [5.41, 5.74) is 2.75. The lowest BCUT2D eigenvalue weighted by Gasteiger charge is -2.31. The van der Waals surface area contributed by atoms with Crippen LogP contribution in [0.5, 0.6) is 0 Å². The minimum absolute atomic E-state index is 0.335. The molecule has 0 bridgehead atoms. The molecule has 2 aliphatic rings. The first-order valence-corrected chi connectivity index (χ1v) is 7.84. The van der Waals surface area contributed by atoms with Crippen LogP contribution in [0, 0.1) is 5.92 Å². The van der Waals surface area contributed by atoms with Crippen LogP contribution in [0.25, 0.3) is 0 Å². The second-order valence-electron chi connectivity index (χ2n) is 6.18. The van der Waals surface area contributed by atoms with Gasteiger partial charge in [0, 0.05) is 38.3 Å². The van der Waals surface area contributed by atoms with Gasteiger partial charge in [-0.25, -0.2) is 0 Å². The third-order valence-corrected chi connectivity index (χ3v) is 4.72. The molecule has 2 aliphatic heterocycles. The van der Waals surface area contributed by atoms with Crippen LogP contribution in [-0.2, 0) is 11.2 Å². The number of piperidine rings is 1. The third-order valence-electron chi connectivity index (χ3n) is 4.72. The number of amides is 1. The Morgan fingerprint density at radius 2 is 1.95 bits per heavy atom. The summed E-state index contributed by atoms with van der Waals surface area (Å²) in [5, 5.41) is 0. The van der Waals surface area contributed by atoms with Crippen molar-refractivity contribution >= 4 is 11.6 Å². The number of para-hydroxylation sites is 1. The van der Waals surface area contributed by atoms with Crippen LogP contribution in [0.4, 0.5) is 5.69 Å². The number of hydrogen-bond donors (Lipinski definition) is 0. The van der Waals surface area contributed by atoms with Gasteiger partial charge < -0.3 is 9.80 Å². The summed E-state index contributed by atoms with van der Waals surface area (Å²) in [6.07, 6.45) is 4.10. The van der Waals surface area contributed by atoms with Crippen molar-refractivity contribution in [2.24, 2.45) is 5.92 Å². The Balaban J connectivity index is 1.52. The number of benzene rings is 1. The second kappa shape index (κ2) is 5.86. The van der Waals surface area contributed by atoms with Crippen molar-refractivity contribution in [2.45, 2.75) is 32.6 Å². The number of fused-ring (bicyclic) bond motifs is 1. The predicted molar refractivity (Wildman–Crippen MR) is 82.0 cm³/mol. The molecule has 20 heavy (non-hydrogen) atoms. The first-order chi connectivity index (χ1) is 9.74. The lowest BCUT2D eigenvalue weighted by molar-refractivity contribution is -0.132. The number of carbonyl (C=O) groups is 1. The Morgan fingerprint density at radius 1 is 1.20 bits per heavy atom. The highest BCUT2D eigenvalue weighted by Crippen LogP contribution is 2.27. The zero-order valence-corrected chi connectivity index (χ0v) is 12.3. The average molecular weight is 272 g/mol. The lowest BCUT2D eigenvalue weighted by Crippen LogP contribution is -2.39. The minimum Gasteiger partial charge on any atom is -0.370 e. The van der Waals surface area contributed by atoms with E-state index in [-0.39, 0.29) is 0 Å². The summed E-state index contributed by atoms with van der Waals surface area (Å²) in [7, 11) is 0. The molecule has 0 saturated carbocycles. The zero-order chi connectivity index (χ0) is 13.9. The van der Waals surface area contributed by atoms with Gasteiger partial charge in [-0.3, -0.25) is 4.79 Å². The van der Waals surface area contributed by atoms with Crippen LogP contribution in [0.15, 0.2) is 24.3 Å². The van der Waals surface area contributed by atoms with Gasteiger partial charge in [-0.1, -0.05) is 25.1 Å². The molecule has 0 radical (unpaired) electrons. The van der Waals surface area contributed by atoms with Crippen molar-refractivity contribution in [1.82, 2.24) is 4.90 Å². The standard InChI is InChI=1S/C17H24N2O/c1-14-6-10-19(11-7-14)17(20)9-13-18-12-8-15-4-2-3-5-16(15)18/h2-5,14H,6-13H2,1H3. The van der Waals surface area contributed by atoms with Crippen LogP contribution in [-0.4, -0.2) is 37.0 Å². The van der Waals surface area contributed by atoms with E-state index in [0.29, 0.717) is 12.3 Å². The summed E-state index contributed by atoms with van der Waals surface area (Å²) < 4.78 is 0. The molecule has 0 unspecified atom stereocenters. The first-order valence-electron chi connectivity index (χ1n) is 7.84. The van der Waals surface area contributed by atoms with Crippen LogP contribution in [0.1, 0.15) is 31.7 Å². The average Bonchev–Trinajstić information content (AvgIpc) is 2.89. The van der Waals surface area contributed by atoms with Crippen molar-refractivity contribution in [3.05, 3.63) is 29.8 Å². The number of rotatable bonds is 3. The molecule has 108 valence electrons. The van der Waals surface area contributed by atoms with E-state index in [9.17, 15) is 4.79 Å². The molecule has 1 saturated heterocycles. The second-order valence-corrected chi connectivity index (χ2v) is 6.18. The van der Waals surface area contributed by atoms with Crippen LogP contribution in [0.2, 0.25) is 0 Å². The fraction of sp³-hybridized carbons (Fsp3) is 0.588. The van der Waals surface area contributed by atoms with Gasteiger partial charge in [0.25, 0.3) is 0 Å². The van der Waals surface area contributed by atoms with E-state index in [1.807, 2.05) is 0 Å². The van der Waals surface area contributed by atoms with Gasteiger partial charge in [-0.05, 0) is 36.8 Å². The normalized spacial score (nSPS) is 19.2. The molecule has 1 fully saturated rings. The third kappa shape index (κ3) is 2.82. The maximum Gasteiger partial charge on any atom is 0.224 e. The minimum atomic E-state index is 0.335. The number of carbonyl (C=O) groups excluding carboxylic acids is 1. The van der Waals surface area contributed by atoms with Crippen molar-refractivity contribution in [3.8, 4) is 0 Å². The van der Waals surface area contributed by atoms with E-state index in [2.05, 4.69) is 41.0 Å². The Hall–Kier alpha value is -1.51. The van der Waals surface area contributed by atoms with Gasteiger partial charge in [0.05, 0.1) is 0 Å². The summed E-state index contributed by atoms with van der Waals surface area (Å²) in [6.45, 7) is 6.11. The van der Waals surface area contributed by atoms with Crippen molar-refractivity contribution in [2.75, 3.05) is 31.1 Å². The Bertz CT molecular complexity index is 478. The maximum atomic E-state index is 12.3. The SMILES string of the molecule is CC1CCN(C(=O)CCN2CCc3ccccc32)CC1. The van der Waals surface area contributed by atoms with E-state index in [1.54, 1.807) is 0 Å². The topological polar surface area (TPSA) is 23.6 Å². The van der Waals surface area contributed by atoms with Gasteiger partial charge in [0.2, 0.25) is 5.91 Å². The Labute approximate surface area is 121 Å². The lowest BCUT2D eigenvalue weighted by atomic mass is 9.99. The van der Waals surface area contributed by atoms with Crippen molar-refractivity contribution in [1.29, 1.82) is 0 Å². The molecule has 0 atom stereocenters. The quantitative estimate of drug-likeness (QED) is 0.844. The van der Waals surface area contributed by atoms with Crippen molar-refractivity contribution < 1.29 is 4.79 Å². The molecule has 3 heteroatoms. The summed E-state index contributed by atoms with van der Waals surface area (Å²) >= 11 is 0. The van der Waals surface area contributed by atoms with Crippen LogP contribution in [0.3, 0.4) is 0 Å².